The minimum absolute atomic E-state index is 0.233. The summed E-state index contributed by atoms with van der Waals surface area (Å²) in [6.07, 6.45) is 0. The molecule has 3 rings (SSSR count). The summed E-state index contributed by atoms with van der Waals surface area (Å²) in [5.41, 5.74) is 8.34. The average molecular weight is 336 g/mol. The zero-order chi connectivity index (χ0) is 15.9. The highest BCUT2D eigenvalue weighted by atomic mass is 35.5. The van der Waals surface area contributed by atoms with Gasteiger partial charge in [-0.15, -0.1) is 10.2 Å². The van der Waals surface area contributed by atoms with Crippen LogP contribution in [0.5, 0.6) is 0 Å². The van der Waals surface area contributed by atoms with Crippen molar-refractivity contribution < 1.29 is 0 Å². The molecule has 2 N–H and O–H groups in total. The van der Waals surface area contributed by atoms with Crippen molar-refractivity contribution in [1.82, 2.24) is 19.8 Å². The molecular formula is C15H15Cl2N5. The van der Waals surface area contributed by atoms with Crippen molar-refractivity contribution in [2.45, 2.75) is 19.9 Å². The third kappa shape index (κ3) is 2.67. The van der Waals surface area contributed by atoms with Crippen LogP contribution in [-0.2, 0) is 0 Å². The molecule has 1 atom stereocenters. The van der Waals surface area contributed by atoms with Crippen molar-refractivity contribution in [1.29, 1.82) is 0 Å². The van der Waals surface area contributed by atoms with Gasteiger partial charge in [0.05, 0.1) is 16.8 Å². The number of halogens is 2. The van der Waals surface area contributed by atoms with Gasteiger partial charge in [0.15, 0.2) is 11.5 Å². The van der Waals surface area contributed by atoms with E-state index in [1.165, 1.54) is 0 Å². The van der Waals surface area contributed by atoms with Crippen molar-refractivity contribution in [3.8, 4) is 11.3 Å². The Morgan fingerprint density at radius 2 is 1.86 bits per heavy atom. The number of benzene rings is 1. The first kappa shape index (κ1) is 15.2. The van der Waals surface area contributed by atoms with E-state index in [4.69, 9.17) is 28.9 Å². The van der Waals surface area contributed by atoms with Crippen LogP contribution in [0.3, 0.4) is 0 Å². The maximum Gasteiger partial charge on any atom is 0.178 e. The molecule has 114 valence electrons. The van der Waals surface area contributed by atoms with Gasteiger partial charge in [-0.1, -0.05) is 37.0 Å². The lowest BCUT2D eigenvalue weighted by molar-refractivity contribution is 0.480. The van der Waals surface area contributed by atoms with Crippen LogP contribution in [0.25, 0.3) is 16.9 Å². The first-order valence-electron chi connectivity index (χ1n) is 6.90. The van der Waals surface area contributed by atoms with Crippen LogP contribution in [0.1, 0.15) is 25.7 Å². The Bertz CT molecular complexity index is 828. The summed E-state index contributed by atoms with van der Waals surface area (Å²) in [5.74, 6) is 0.869. The maximum absolute atomic E-state index is 6.25. The molecule has 22 heavy (non-hydrogen) atoms. The quantitative estimate of drug-likeness (QED) is 0.791. The highest BCUT2D eigenvalue weighted by molar-refractivity contribution is 6.36. The molecule has 5 nitrogen and oxygen atoms in total. The Labute approximate surface area is 138 Å². The third-order valence-corrected chi connectivity index (χ3v) is 4.06. The molecular weight excluding hydrogens is 321 g/mol. The molecule has 0 saturated carbocycles. The lowest BCUT2D eigenvalue weighted by atomic mass is 10.1. The highest BCUT2D eigenvalue weighted by Crippen LogP contribution is 2.29. The summed E-state index contributed by atoms with van der Waals surface area (Å²) >= 11 is 12.2. The van der Waals surface area contributed by atoms with Gasteiger partial charge >= 0.3 is 0 Å². The normalized spacial score (nSPS) is 13.0. The molecule has 0 bridgehead atoms. The fourth-order valence-electron chi connectivity index (χ4n) is 2.15. The van der Waals surface area contributed by atoms with E-state index in [1.807, 2.05) is 32.0 Å². The van der Waals surface area contributed by atoms with E-state index in [0.29, 0.717) is 27.2 Å². The van der Waals surface area contributed by atoms with Gasteiger partial charge in [0.1, 0.15) is 0 Å². The van der Waals surface area contributed by atoms with Crippen molar-refractivity contribution in [3.63, 3.8) is 0 Å². The predicted octanol–water partition coefficient (Wildman–Crippen LogP) is 3.75. The van der Waals surface area contributed by atoms with Crippen molar-refractivity contribution >= 4 is 28.8 Å². The third-order valence-electron chi connectivity index (χ3n) is 3.51. The topological polar surface area (TPSA) is 69.1 Å². The Hall–Kier alpha value is -1.69. The summed E-state index contributed by atoms with van der Waals surface area (Å²) in [5, 5.41) is 14.0. The molecule has 0 aliphatic carbocycles. The molecule has 0 spiro atoms. The number of nitrogens with zero attached hydrogens (tertiary/aromatic N) is 4. The van der Waals surface area contributed by atoms with Crippen LogP contribution in [0.15, 0.2) is 30.3 Å². The first-order valence-corrected chi connectivity index (χ1v) is 7.66. The lowest BCUT2D eigenvalue weighted by Crippen LogP contribution is -2.20. The second kappa shape index (κ2) is 5.83. The zero-order valence-corrected chi connectivity index (χ0v) is 13.7. The summed E-state index contributed by atoms with van der Waals surface area (Å²) in [7, 11) is 0. The summed E-state index contributed by atoms with van der Waals surface area (Å²) in [6.45, 7) is 4.07. The zero-order valence-electron chi connectivity index (χ0n) is 12.2. The first-order chi connectivity index (χ1) is 10.5. The summed E-state index contributed by atoms with van der Waals surface area (Å²) in [4.78, 5) is 0. The van der Waals surface area contributed by atoms with Crippen LogP contribution in [-0.4, -0.2) is 19.8 Å². The molecule has 7 heteroatoms. The second-order valence-corrected chi connectivity index (χ2v) is 6.28. The lowest BCUT2D eigenvalue weighted by Gasteiger charge is -2.13. The number of fused-ring (bicyclic) bond motifs is 1. The monoisotopic (exact) mass is 335 g/mol. The minimum Gasteiger partial charge on any atom is -0.321 e. The molecule has 0 amide bonds. The van der Waals surface area contributed by atoms with Gasteiger partial charge in [-0.2, -0.15) is 9.61 Å². The fraction of sp³-hybridized carbons (Fsp3) is 0.267. The largest absolute Gasteiger partial charge is 0.321 e. The van der Waals surface area contributed by atoms with Gasteiger partial charge in [0.25, 0.3) is 0 Å². The minimum atomic E-state index is -0.238. The number of hydrogen-bond donors (Lipinski definition) is 1. The second-order valence-electron chi connectivity index (χ2n) is 5.44. The van der Waals surface area contributed by atoms with E-state index in [1.54, 1.807) is 16.6 Å². The molecule has 0 radical (unpaired) electrons. The van der Waals surface area contributed by atoms with Gasteiger partial charge < -0.3 is 5.73 Å². The van der Waals surface area contributed by atoms with Crippen LogP contribution in [0.2, 0.25) is 10.0 Å². The predicted molar refractivity (Wildman–Crippen MR) is 88.0 cm³/mol. The Morgan fingerprint density at radius 1 is 1.09 bits per heavy atom. The number of hydrogen-bond acceptors (Lipinski definition) is 4. The van der Waals surface area contributed by atoms with E-state index in [9.17, 15) is 0 Å². The SMILES string of the molecule is CC(C)C(N)c1nnc2ccc(-c3ccc(Cl)cc3Cl)nn12. The summed E-state index contributed by atoms with van der Waals surface area (Å²) < 4.78 is 1.67. The van der Waals surface area contributed by atoms with Crippen LogP contribution in [0, 0.1) is 5.92 Å². The van der Waals surface area contributed by atoms with Crippen LogP contribution in [0.4, 0.5) is 0 Å². The van der Waals surface area contributed by atoms with E-state index in [-0.39, 0.29) is 12.0 Å². The van der Waals surface area contributed by atoms with Crippen LogP contribution < -0.4 is 5.73 Å². The molecule has 0 aliphatic heterocycles. The number of rotatable bonds is 3. The van der Waals surface area contributed by atoms with Crippen molar-refractivity contribution in [2.24, 2.45) is 11.7 Å². The van der Waals surface area contributed by atoms with Gasteiger partial charge in [-0.25, -0.2) is 0 Å². The van der Waals surface area contributed by atoms with Crippen LogP contribution >= 0.6 is 23.2 Å². The molecule has 1 unspecified atom stereocenters. The Balaban J connectivity index is 2.14. The molecule has 1 aromatic carbocycles. The van der Waals surface area contributed by atoms with E-state index in [0.717, 1.165) is 5.56 Å². The number of nitrogens with two attached hydrogens (primary N) is 1. The number of aromatic nitrogens is 4. The maximum atomic E-state index is 6.25. The summed E-state index contributed by atoms with van der Waals surface area (Å²) in [6, 6.07) is 8.77. The van der Waals surface area contributed by atoms with Gasteiger partial charge in [0.2, 0.25) is 0 Å². The van der Waals surface area contributed by atoms with Gasteiger partial charge in [-0.05, 0) is 36.2 Å². The van der Waals surface area contributed by atoms with Gasteiger partial charge in [-0.3, -0.25) is 0 Å². The highest BCUT2D eigenvalue weighted by Gasteiger charge is 2.19. The van der Waals surface area contributed by atoms with E-state index < -0.39 is 0 Å². The molecule has 2 heterocycles. The molecule has 0 fully saturated rings. The molecule has 2 aromatic heterocycles. The smallest absolute Gasteiger partial charge is 0.178 e. The fourth-order valence-corrected chi connectivity index (χ4v) is 2.66. The van der Waals surface area contributed by atoms with E-state index in [2.05, 4.69) is 15.3 Å². The Kier molecular flexibility index (Phi) is 4.04. The molecule has 0 saturated heterocycles. The Morgan fingerprint density at radius 3 is 2.55 bits per heavy atom. The van der Waals surface area contributed by atoms with Gasteiger partial charge in [0, 0.05) is 10.6 Å². The van der Waals surface area contributed by atoms with E-state index >= 15 is 0 Å². The molecule has 3 aromatic rings. The average Bonchev–Trinajstić information content (AvgIpc) is 2.89. The standard InChI is InChI=1S/C15H15Cl2N5/c1-8(2)14(18)15-20-19-13-6-5-12(21-22(13)15)10-4-3-9(16)7-11(10)17/h3-8,14H,18H2,1-2H3. The van der Waals surface area contributed by atoms with Crippen molar-refractivity contribution in [3.05, 3.63) is 46.2 Å². The van der Waals surface area contributed by atoms with Crippen molar-refractivity contribution in [2.75, 3.05) is 0 Å². The molecule has 0 aliphatic rings.